The Morgan fingerprint density at radius 3 is 2.58 bits per heavy atom. The van der Waals surface area contributed by atoms with Crippen LogP contribution in [0.4, 0.5) is 22.0 Å². The summed E-state index contributed by atoms with van der Waals surface area (Å²) < 4.78 is 68.6. The monoisotopic (exact) mass is 346 g/mol. The first-order chi connectivity index (χ1) is 11.3. The summed E-state index contributed by atoms with van der Waals surface area (Å²) in [5, 5.41) is 0. The third kappa shape index (κ3) is 4.50. The summed E-state index contributed by atoms with van der Waals surface area (Å²) in [4.78, 5) is 11.3. The van der Waals surface area contributed by atoms with E-state index in [0.29, 0.717) is 11.9 Å². The Kier molecular flexibility index (Phi) is 5.54. The molecule has 0 N–H and O–H groups in total. The van der Waals surface area contributed by atoms with E-state index in [1.54, 1.807) is 0 Å². The van der Waals surface area contributed by atoms with E-state index in [-0.39, 0.29) is 25.0 Å². The molecule has 0 aliphatic heterocycles. The topological polar surface area (TPSA) is 26.3 Å². The number of hydrogen-bond donors (Lipinski definition) is 0. The molecule has 1 aliphatic rings. The van der Waals surface area contributed by atoms with Gasteiger partial charge in [0, 0.05) is 25.0 Å². The van der Waals surface area contributed by atoms with E-state index < -0.39 is 29.8 Å². The first kappa shape index (κ1) is 18.3. The van der Waals surface area contributed by atoms with Crippen LogP contribution in [0.1, 0.15) is 24.8 Å². The molecule has 1 atom stereocenters. The SMILES string of the molecule is O=CC1(OCCCC(F)(F)F)C=CC(c2cccc(F)c2F)=CC1. The van der Waals surface area contributed by atoms with Gasteiger partial charge in [0.15, 0.2) is 17.9 Å². The molecule has 0 aromatic heterocycles. The van der Waals surface area contributed by atoms with Crippen LogP contribution in [0.25, 0.3) is 5.57 Å². The molecule has 0 fully saturated rings. The normalized spacial score (nSPS) is 20.8. The van der Waals surface area contributed by atoms with Crippen molar-refractivity contribution >= 4 is 11.9 Å². The van der Waals surface area contributed by atoms with E-state index in [1.165, 1.54) is 30.4 Å². The fourth-order valence-electron chi connectivity index (χ4n) is 2.33. The smallest absolute Gasteiger partial charge is 0.363 e. The van der Waals surface area contributed by atoms with E-state index in [0.717, 1.165) is 6.07 Å². The highest BCUT2D eigenvalue weighted by Crippen LogP contribution is 2.31. The molecule has 0 bridgehead atoms. The Bertz CT molecular complexity index is 663. The van der Waals surface area contributed by atoms with Crippen LogP contribution >= 0.6 is 0 Å². The summed E-state index contributed by atoms with van der Waals surface area (Å²) in [5.41, 5.74) is -0.954. The van der Waals surface area contributed by atoms with Gasteiger partial charge in [-0.25, -0.2) is 8.78 Å². The molecule has 1 aliphatic carbocycles. The molecular formula is C17H15F5O2. The Morgan fingerprint density at radius 1 is 1.25 bits per heavy atom. The second-order valence-electron chi connectivity index (χ2n) is 5.44. The maximum atomic E-state index is 13.8. The van der Waals surface area contributed by atoms with E-state index in [1.807, 2.05) is 0 Å². The number of rotatable bonds is 6. The van der Waals surface area contributed by atoms with Gasteiger partial charge in [-0.2, -0.15) is 13.2 Å². The number of carbonyl (C=O) groups is 1. The lowest BCUT2D eigenvalue weighted by Gasteiger charge is -2.27. The molecule has 0 saturated carbocycles. The minimum atomic E-state index is -4.28. The van der Waals surface area contributed by atoms with Gasteiger partial charge in [0.1, 0.15) is 5.60 Å². The van der Waals surface area contributed by atoms with E-state index >= 15 is 0 Å². The lowest BCUT2D eigenvalue weighted by molar-refractivity contribution is -0.142. The zero-order valence-corrected chi connectivity index (χ0v) is 12.6. The van der Waals surface area contributed by atoms with Gasteiger partial charge in [0.25, 0.3) is 0 Å². The largest absolute Gasteiger partial charge is 0.389 e. The molecule has 130 valence electrons. The number of halogens is 5. The number of alkyl halides is 3. The van der Waals surface area contributed by atoms with Crippen molar-refractivity contribution in [1.29, 1.82) is 0 Å². The van der Waals surface area contributed by atoms with Gasteiger partial charge >= 0.3 is 6.18 Å². The molecule has 0 amide bonds. The number of ether oxygens (including phenoxy) is 1. The van der Waals surface area contributed by atoms with Gasteiger partial charge in [0.05, 0.1) is 0 Å². The molecule has 0 heterocycles. The lowest BCUT2D eigenvalue weighted by atomic mass is 9.90. The van der Waals surface area contributed by atoms with E-state index in [9.17, 15) is 26.7 Å². The average Bonchev–Trinajstić information content (AvgIpc) is 2.54. The second-order valence-corrected chi connectivity index (χ2v) is 5.44. The maximum Gasteiger partial charge on any atom is 0.389 e. The lowest BCUT2D eigenvalue weighted by Crippen LogP contribution is -2.33. The first-order valence-corrected chi connectivity index (χ1v) is 7.27. The predicted octanol–water partition coefficient (Wildman–Crippen LogP) is 4.60. The molecular weight excluding hydrogens is 331 g/mol. The summed E-state index contributed by atoms with van der Waals surface area (Å²) in [6.45, 7) is -0.236. The average molecular weight is 346 g/mol. The van der Waals surface area contributed by atoms with Gasteiger partial charge in [-0.3, -0.25) is 4.79 Å². The molecule has 0 spiro atoms. The molecule has 1 aromatic rings. The number of benzene rings is 1. The van der Waals surface area contributed by atoms with Crippen molar-refractivity contribution in [3.63, 3.8) is 0 Å². The minimum absolute atomic E-state index is 0.0320. The Labute approximate surface area is 135 Å². The molecule has 2 rings (SSSR count). The molecule has 0 saturated heterocycles. The van der Waals surface area contributed by atoms with Gasteiger partial charge in [-0.15, -0.1) is 0 Å². The Hall–Kier alpha value is -2.02. The number of carbonyl (C=O) groups excluding carboxylic acids is 1. The predicted molar refractivity (Wildman–Crippen MR) is 78.1 cm³/mol. The number of aldehydes is 1. The number of hydrogen-bond acceptors (Lipinski definition) is 2. The first-order valence-electron chi connectivity index (χ1n) is 7.27. The molecule has 24 heavy (non-hydrogen) atoms. The van der Waals surface area contributed by atoms with Crippen LogP contribution in [-0.4, -0.2) is 24.7 Å². The Morgan fingerprint density at radius 2 is 2.00 bits per heavy atom. The van der Waals surface area contributed by atoms with Gasteiger partial charge < -0.3 is 4.74 Å². The quantitative estimate of drug-likeness (QED) is 0.427. The van der Waals surface area contributed by atoms with Crippen LogP contribution in [0.3, 0.4) is 0 Å². The van der Waals surface area contributed by atoms with Gasteiger partial charge in [0.2, 0.25) is 0 Å². The molecule has 0 radical (unpaired) electrons. The van der Waals surface area contributed by atoms with Crippen molar-refractivity contribution in [2.75, 3.05) is 6.61 Å². The Balaban J connectivity index is 2.02. The van der Waals surface area contributed by atoms with Gasteiger partial charge in [-0.05, 0) is 24.1 Å². The zero-order chi connectivity index (χ0) is 17.8. The van der Waals surface area contributed by atoms with Crippen LogP contribution in [-0.2, 0) is 9.53 Å². The fraction of sp³-hybridized carbons (Fsp3) is 0.353. The summed E-state index contributed by atoms with van der Waals surface area (Å²) in [6.07, 6.45) is -0.759. The third-order valence-corrected chi connectivity index (χ3v) is 3.62. The van der Waals surface area contributed by atoms with Crippen LogP contribution in [0.15, 0.2) is 36.4 Å². The minimum Gasteiger partial charge on any atom is -0.363 e. The molecule has 1 unspecified atom stereocenters. The highest BCUT2D eigenvalue weighted by molar-refractivity contribution is 5.80. The van der Waals surface area contributed by atoms with Crippen molar-refractivity contribution in [2.24, 2.45) is 0 Å². The van der Waals surface area contributed by atoms with E-state index in [2.05, 4.69) is 0 Å². The molecule has 7 heteroatoms. The van der Waals surface area contributed by atoms with Crippen LogP contribution in [0, 0.1) is 11.6 Å². The van der Waals surface area contributed by atoms with Crippen molar-refractivity contribution in [2.45, 2.75) is 31.0 Å². The fourth-order valence-corrected chi connectivity index (χ4v) is 2.33. The standard InChI is InChI=1S/C17H15F5O2/c18-14-4-1-3-13(15(14)19)12-5-8-16(11-23,9-6-12)24-10-2-7-17(20,21)22/h1,3-6,8,11H,2,7,9-10H2. The second kappa shape index (κ2) is 7.25. The van der Waals surface area contributed by atoms with Crippen LogP contribution in [0.2, 0.25) is 0 Å². The summed E-state index contributed by atoms with van der Waals surface area (Å²) in [6, 6.07) is 3.75. The summed E-state index contributed by atoms with van der Waals surface area (Å²) in [5.74, 6) is -1.99. The van der Waals surface area contributed by atoms with Crippen LogP contribution < -0.4 is 0 Å². The highest BCUT2D eigenvalue weighted by atomic mass is 19.4. The summed E-state index contributed by atoms with van der Waals surface area (Å²) >= 11 is 0. The zero-order valence-electron chi connectivity index (χ0n) is 12.6. The van der Waals surface area contributed by atoms with Crippen molar-refractivity contribution in [1.82, 2.24) is 0 Å². The molecule has 1 aromatic carbocycles. The van der Waals surface area contributed by atoms with Gasteiger partial charge in [-0.1, -0.05) is 24.3 Å². The summed E-state index contributed by atoms with van der Waals surface area (Å²) in [7, 11) is 0. The van der Waals surface area contributed by atoms with Crippen molar-refractivity contribution in [3.05, 3.63) is 53.6 Å². The van der Waals surface area contributed by atoms with Crippen LogP contribution in [0.5, 0.6) is 0 Å². The van der Waals surface area contributed by atoms with Crippen molar-refractivity contribution in [3.8, 4) is 0 Å². The van der Waals surface area contributed by atoms with E-state index in [4.69, 9.17) is 4.74 Å². The number of allylic oxidation sites excluding steroid dienone is 2. The van der Waals surface area contributed by atoms with Crippen molar-refractivity contribution < 1.29 is 31.5 Å². The third-order valence-electron chi connectivity index (χ3n) is 3.62. The molecule has 2 nitrogen and oxygen atoms in total. The maximum absolute atomic E-state index is 13.8. The highest BCUT2D eigenvalue weighted by Gasteiger charge is 2.31.